The van der Waals surface area contributed by atoms with Gasteiger partial charge in [-0.3, -0.25) is 9.78 Å². The fourth-order valence-electron chi connectivity index (χ4n) is 3.04. The summed E-state index contributed by atoms with van der Waals surface area (Å²) in [4.78, 5) is 17.0. The third-order valence-corrected chi connectivity index (χ3v) is 4.26. The van der Waals surface area contributed by atoms with Crippen LogP contribution in [0.25, 0.3) is 22.3 Å². The summed E-state index contributed by atoms with van der Waals surface area (Å²) in [5.41, 5.74) is 2.59. The molecule has 6 heteroatoms. The van der Waals surface area contributed by atoms with Gasteiger partial charge >= 0.3 is 0 Å². The lowest BCUT2D eigenvalue weighted by Crippen LogP contribution is -2.05. The molecule has 27 heavy (non-hydrogen) atoms. The third kappa shape index (κ3) is 3.38. The van der Waals surface area contributed by atoms with Crippen molar-refractivity contribution in [2.75, 3.05) is 0 Å². The molecule has 0 bridgehead atoms. The lowest BCUT2D eigenvalue weighted by atomic mass is 10.0. The molecule has 3 aromatic rings. The molecule has 2 aromatic heterocycles. The van der Waals surface area contributed by atoms with E-state index in [1.54, 1.807) is 26.0 Å². The number of hydrogen-bond acceptors (Lipinski definition) is 6. The van der Waals surface area contributed by atoms with E-state index in [4.69, 9.17) is 4.42 Å². The normalized spacial score (nSPS) is 11.0. The third-order valence-electron chi connectivity index (χ3n) is 4.26. The predicted molar refractivity (Wildman–Crippen MR) is 103 cm³/mol. The van der Waals surface area contributed by atoms with Crippen molar-refractivity contribution in [3.63, 3.8) is 0 Å². The van der Waals surface area contributed by atoms with E-state index in [2.05, 4.69) is 4.98 Å². The number of fused-ring (bicyclic) bond motifs is 1. The lowest BCUT2D eigenvalue weighted by Gasteiger charge is -2.12. The van der Waals surface area contributed by atoms with Gasteiger partial charge in [-0.1, -0.05) is 11.6 Å². The van der Waals surface area contributed by atoms with Gasteiger partial charge in [0.1, 0.15) is 22.5 Å². The van der Waals surface area contributed by atoms with Crippen LogP contribution in [-0.4, -0.2) is 20.3 Å². The monoisotopic (exact) mass is 367 g/mol. The van der Waals surface area contributed by atoms with E-state index in [1.165, 1.54) is 0 Å². The van der Waals surface area contributed by atoms with Gasteiger partial charge in [0.15, 0.2) is 5.76 Å². The first kappa shape index (κ1) is 18.5. The van der Waals surface area contributed by atoms with Crippen LogP contribution in [0.1, 0.15) is 30.8 Å². The number of benzene rings is 1. The second kappa shape index (κ2) is 6.79. The zero-order valence-electron chi connectivity index (χ0n) is 15.6. The second-order valence-electron chi connectivity index (χ2n) is 6.83. The second-order valence-corrected chi connectivity index (χ2v) is 6.83. The van der Waals surface area contributed by atoms with Crippen molar-refractivity contribution >= 4 is 11.0 Å². The van der Waals surface area contributed by atoms with Crippen LogP contribution >= 0.6 is 0 Å². The predicted octanol–water partition coefficient (Wildman–Crippen LogP) is 4.10. The number of rotatable bonds is 3. The number of aromatic hydroxyl groups is 3. The highest BCUT2D eigenvalue weighted by atomic mass is 16.4. The molecule has 3 rings (SSSR count). The molecule has 0 aliphatic carbocycles. The summed E-state index contributed by atoms with van der Waals surface area (Å²) >= 11 is 0. The van der Waals surface area contributed by atoms with Gasteiger partial charge in [0.25, 0.3) is 0 Å². The molecule has 0 amide bonds. The van der Waals surface area contributed by atoms with Crippen molar-refractivity contribution in [2.45, 2.75) is 34.1 Å². The van der Waals surface area contributed by atoms with E-state index in [0.29, 0.717) is 28.9 Å². The van der Waals surface area contributed by atoms with E-state index >= 15 is 0 Å². The maximum Gasteiger partial charge on any atom is 0.238 e. The Morgan fingerprint density at radius 1 is 1.07 bits per heavy atom. The van der Waals surface area contributed by atoms with Crippen LogP contribution in [0.2, 0.25) is 0 Å². The van der Waals surface area contributed by atoms with Gasteiger partial charge < -0.3 is 19.7 Å². The number of phenols is 2. The highest BCUT2D eigenvalue weighted by Crippen LogP contribution is 2.38. The minimum atomic E-state index is -0.755. The molecule has 0 saturated heterocycles. The maximum absolute atomic E-state index is 12.7. The standard InChI is InChI=1S/C21H21NO5/c1-10(2)5-6-14-15(23)9-16(24)17-18(25)19(26)20(27-21(14)17)13-7-11(3)22-12(4)8-13/h5,7-9,23-24,26H,6H2,1-4H3. The summed E-state index contributed by atoms with van der Waals surface area (Å²) < 4.78 is 5.87. The molecule has 0 fully saturated rings. The van der Waals surface area contributed by atoms with Crippen LogP contribution in [0.3, 0.4) is 0 Å². The topological polar surface area (TPSA) is 104 Å². The molecular formula is C21H21NO5. The van der Waals surface area contributed by atoms with Gasteiger partial charge in [-0.25, -0.2) is 0 Å². The maximum atomic E-state index is 12.7. The molecule has 0 aliphatic rings. The van der Waals surface area contributed by atoms with E-state index < -0.39 is 16.9 Å². The molecule has 6 nitrogen and oxygen atoms in total. The number of allylic oxidation sites excluding steroid dienone is 2. The summed E-state index contributed by atoms with van der Waals surface area (Å²) in [7, 11) is 0. The van der Waals surface area contributed by atoms with E-state index in [-0.39, 0.29) is 22.5 Å². The molecule has 3 N–H and O–H groups in total. The van der Waals surface area contributed by atoms with Gasteiger partial charge in [-0.15, -0.1) is 0 Å². The first-order chi connectivity index (χ1) is 12.7. The molecule has 0 unspecified atom stereocenters. The van der Waals surface area contributed by atoms with Crippen molar-refractivity contribution in [1.82, 2.24) is 4.98 Å². The SMILES string of the molecule is CC(C)=CCc1c(O)cc(O)c2c(=O)c(O)c(-c3cc(C)nc(C)c3)oc12. The van der Waals surface area contributed by atoms with Crippen molar-refractivity contribution in [3.05, 3.63) is 57.0 Å². The summed E-state index contributed by atoms with van der Waals surface area (Å²) in [6.45, 7) is 7.42. The molecule has 0 saturated carbocycles. The summed E-state index contributed by atoms with van der Waals surface area (Å²) in [6.07, 6.45) is 2.19. The average Bonchev–Trinajstić information content (AvgIpc) is 2.55. The largest absolute Gasteiger partial charge is 0.507 e. The highest BCUT2D eigenvalue weighted by Gasteiger charge is 2.22. The van der Waals surface area contributed by atoms with Gasteiger partial charge in [0.05, 0.1) is 0 Å². The molecular weight excluding hydrogens is 346 g/mol. The number of aromatic nitrogens is 1. The number of nitrogens with zero attached hydrogens (tertiary/aromatic N) is 1. The Kier molecular flexibility index (Phi) is 4.66. The molecule has 140 valence electrons. The van der Waals surface area contributed by atoms with E-state index in [1.807, 2.05) is 19.9 Å². The summed E-state index contributed by atoms with van der Waals surface area (Å²) in [6, 6.07) is 4.47. The van der Waals surface area contributed by atoms with Crippen molar-refractivity contribution in [2.24, 2.45) is 0 Å². The van der Waals surface area contributed by atoms with Gasteiger partial charge in [0, 0.05) is 28.6 Å². The Bertz CT molecular complexity index is 1120. The van der Waals surface area contributed by atoms with Crippen LogP contribution in [0.4, 0.5) is 0 Å². The van der Waals surface area contributed by atoms with Gasteiger partial charge in [0.2, 0.25) is 11.2 Å². The smallest absolute Gasteiger partial charge is 0.238 e. The number of hydrogen-bond donors (Lipinski definition) is 3. The molecule has 0 aliphatic heterocycles. The molecule has 0 spiro atoms. The van der Waals surface area contributed by atoms with Crippen molar-refractivity contribution in [3.8, 4) is 28.6 Å². The van der Waals surface area contributed by atoms with E-state index in [0.717, 1.165) is 11.6 Å². The number of pyridine rings is 1. The van der Waals surface area contributed by atoms with E-state index in [9.17, 15) is 20.1 Å². The first-order valence-electron chi connectivity index (χ1n) is 8.51. The average molecular weight is 367 g/mol. The highest BCUT2D eigenvalue weighted by molar-refractivity contribution is 5.91. The van der Waals surface area contributed by atoms with Gasteiger partial charge in [-0.05, 0) is 46.2 Å². The molecule has 1 aromatic carbocycles. The Hall–Kier alpha value is -3.28. The quantitative estimate of drug-likeness (QED) is 0.602. The zero-order chi connectivity index (χ0) is 19.9. The fourth-order valence-corrected chi connectivity index (χ4v) is 3.04. The summed E-state index contributed by atoms with van der Waals surface area (Å²) in [5, 5.41) is 30.7. The van der Waals surface area contributed by atoms with Crippen LogP contribution in [-0.2, 0) is 6.42 Å². The fraction of sp³-hybridized carbons (Fsp3) is 0.238. The minimum absolute atomic E-state index is 0.0236. The molecule has 2 heterocycles. The molecule has 0 atom stereocenters. The van der Waals surface area contributed by atoms with Crippen molar-refractivity contribution < 1.29 is 19.7 Å². The number of phenolic OH excluding ortho intramolecular Hbond substituents is 2. The van der Waals surface area contributed by atoms with Crippen LogP contribution in [0, 0.1) is 13.8 Å². The summed E-state index contributed by atoms with van der Waals surface area (Å²) in [5.74, 6) is -1.24. The molecule has 0 radical (unpaired) electrons. The zero-order valence-corrected chi connectivity index (χ0v) is 15.6. The van der Waals surface area contributed by atoms with Crippen LogP contribution in [0.5, 0.6) is 17.2 Å². The minimum Gasteiger partial charge on any atom is -0.507 e. The first-order valence-corrected chi connectivity index (χ1v) is 8.51. The lowest BCUT2D eigenvalue weighted by molar-refractivity contribution is 0.435. The Labute approximate surface area is 156 Å². The Balaban J connectivity index is 2.41. The van der Waals surface area contributed by atoms with Crippen LogP contribution in [0.15, 0.2) is 39.1 Å². The van der Waals surface area contributed by atoms with Crippen molar-refractivity contribution in [1.29, 1.82) is 0 Å². The Morgan fingerprint density at radius 3 is 2.30 bits per heavy atom. The number of aryl methyl sites for hydroxylation is 2. The van der Waals surface area contributed by atoms with Gasteiger partial charge in [-0.2, -0.15) is 0 Å². The van der Waals surface area contributed by atoms with Crippen LogP contribution < -0.4 is 5.43 Å². The Morgan fingerprint density at radius 2 is 1.70 bits per heavy atom.